The van der Waals surface area contributed by atoms with Gasteiger partial charge in [-0.2, -0.15) is 0 Å². The van der Waals surface area contributed by atoms with Gasteiger partial charge < -0.3 is 10.2 Å². The Morgan fingerprint density at radius 2 is 2.24 bits per heavy atom. The number of nitrogens with zero attached hydrogens (tertiary/aromatic N) is 2. The minimum Gasteiger partial charge on any atom is -0.370 e. The molecule has 1 aliphatic rings. The third-order valence-electron chi connectivity index (χ3n) is 3.93. The molecule has 0 radical (unpaired) electrons. The molecule has 0 aliphatic carbocycles. The molecule has 1 fully saturated rings. The Balaban J connectivity index is 2.16. The highest BCUT2D eigenvalue weighted by molar-refractivity contribution is 5.52. The molecule has 94 valence electrons. The molecule has 0 bridgehead atoms. The van der Waals surface area contributed by atoms with Crippen molar-refractivity contribution in [3.8, 4) is 0 Å². The van der Waals surface area contributed by atoms with Gasteiger partial charge >= 0.3 is 0 Å². The molecular formula is C14H23N3. The molecular weight excluding hydrogens is 210 g/mol. The molecule has 2 atom stereocenters. The third-order valence-corrected chi connectivity index (χ3v) is 3.93. The lowest BCUT2D eigenvalue weighted by Gasteiger charge is -2.37. The van der Waals surface area contributed by atoms with Crippen molar-refractivity contribution in [1.29, 1.82) is 0 Å². The molecule has 3 nitrogen and oxygen atoms in total. The summed E-state index contributed by atoms with van der Waals surface area (Å²) in [6.45, 7) is 7.94. The highest BCUT2D eigenvalue weighted by atomic mass is 15.1. The minimum absolute atomic E-state index is 0.770. The molecule has 2 rings (SSSR count). The molecule has 17 heavy (non-hydrogen) atoms. The Labute approximate surface area is 104 Å². The fraction of sp³-hybridized carbons (Fsp3) is 0.643. The third kappa shape index (κ3) is 2.78. The highest BCUT2D eigenvalue weighted by Gasteiger charge is 2.23. The molecule has 1 N–H and O–H groups in total. The van der Waals surface area contributed by atoms with Crippen LogP contribution in [0.3, 0.4) is 0 Å². The fourth-order valence-corrected chi connectivity index (χ4v) is 2.52. The van der Waals surface area contributed by atoms with E-state index in [1.54, 1.807) is 0 Å². The van der Waals surface area contributed by atoms with Crippen LogP contribution in [0.2, 0.25) is 0 Å². The van der Waals surface area contributed by atoms with E-state index in [1.807, 2.05) is 19.4 Å². The average Bonchev–Trinajstić information content (AvgIpc) is 2.34. The van der Waals surface area contributed by atoms with Gasteiger partial charge in [0, 0.05) is 25.8 Å². The lowest BCUT2D eigenvalue weighted by Crippen LogP contribution is -2.39. The standard InChI is InChI=1S/C14H23N3/c1-11-5-7-17(10-12(11)2)14-9-16-6-4-13(14)8-15-3/h4,6,9,11-12,15H,5,7-8,10H2,1-3H3. The second-order valence-corrected chi connectivity index (χ2v) is 5.22. The summed E-state index contributed by atoms with van der Waals surface area (Å²) in [4.78, 5) is 6.77. The SMILES string of the molecule is CNCc1ccncc1N1CCC(C)C(C)C1. The van der Waals surface area contributed by atoms with Crippen LogP contribution in [0.15, 0.2) is 18.5 Å². The Morgan fingerprint density at radius 1 is 1.41 bits per heavy atom. The number of piperidine rings is 1. The first-order valence-electron chi connectivity index (χ1n) is 6.54. The normalized spacial score (nSPS) is 25.0. The maximum Gasteiger partial charge on any atom is 0.0598 e. The van der Waals surface area contributed by atoms with Gasteiger partial charge in [-0.15, -0.1) is 0 Å². The van der Waals surface area contributed by atoms with Crippen LogP contribution >= 0.6 is 0 Å². The van der Waals surface area contributed by atoms with E-state index in [2.05, 4.69) is 35.1 Å². The first-order valence-corrected chi connectivity index (χ1v) is 6.54. The fourth-order valence-electron chi connectivity index (χ4n) is 2.52. The second-order valence-electron chi connectivity index (χ2n) is 5.22. The molecule has 0 spiro atoms. The molecule has 0 aromatic carbocycles. The van der Waals surface area contributed by atoms with E-state index in [0.29, 0.717) is 0 Å². The highest BCUT2D eigenvalue weighted by Crippen LogP contribution is 2.28. The van der Waals surface area contributed by atoms with Crippen molar-refractivity contribution in [2.24, 2.45) is 11.8 Å². The van der Waals surface area contributed by atoms with E-state index in [4.69, 9.17) is 0 Å². The number of pyridine rings is 1. The van der Waals surface area contributed by atoms with Gasteiger partial charge in [0.2, 0.25) is 0 Å². The summed E-state index contributed by atoms with van der Waals surface area (Å²) >= 11 is 0. The first kappa shape index (κ1) is 12.4. The topological polar surface area (TPSA) is 28.2 Å². The summed E-state index contributed by atoms with van der Waals surface area (Å²) in [7, 11) is 1.99. The Bertz CT molecular complexity index is 364. The van der Waals surface area contributed by atoms with E-state index in [9.17, 15) is 0 Å². The number of hydrogen-bond acceptors (Lipinski definition) is 3. The molecule has 1 aliphatic heterocycles. The summed E-state index contributed by atoms with van der Waals surface area (Å²) in [5, 5.41) is 3.23. The number of rotatable bonds is 3. The number of aromatic nitrogens is 1. The zero-order valence-corrected chi connectivity index (χ0v) is 11.1. The van der Waals surface area contributed by atoms with Crippen molar-refractivity contribution >= 4 is 5.69 Å². The Hall–Kier alpha value is -1.09. The number of anilines is 1. The smallest absolute Gasteiger partial charge is 0.0598 e. The summed E-state index contributed by atoms with van der Waals surface area (Å²) in [5.74, 6) is 1.61. The van der Waals surface area contributed by atoms with Crippen LogP contribution in [0.25, 0.3) is 0 Å². The zero-order valence-electron chi connectivity index (χ0n) is 11.1. The van der Waals surface area contributed by atoms with Crippen molar-refractivity contribution in [2.75, 3.05) is 25.0 Å². The predicted octanol–water partition coefficient (Wildman–Crippen LogP) is 2.28. The lowest BCUT2D eigenvalue weighted by molar-refractivity contribution is 0.323. The van der Waals surface area contributed by atoms with Crippen molar-refractivity contribution in [2.45, 2.75) is 26.8 Å². The molecule has 3 heteroatoms. The van der Waals surface area contributed by atoms with Crippen molar-refractivity contribution in [3.05, 3.63) is 24.0 Å². The largest absolute Gasteiger partial charge is 0.370 e. The van der Waals surface area contributed by atoms with Crippen molar-refractivity contribution in [3.63, 3.8) is 0 Å². The van der Waals surface area contributed by atoms with Crippen LogP contribution in [0.1, 0.15) is 25.8 Å². The van der Waals surface area contributed by atoms with Gasteiger partial charge in [0.25, 0.3) is 0 Å². The second kappa shape index (κ2) is 5.50. The maximum absolute atomic E-state index is 4.28. The molecule has 2 unspecified atom stereocenters. The van der Waals surface area contributed by atoms with Crippen LogP contribution in [0.5, 0.6) is 0 Å². The van der Waals surface area contributed by atoms with Crippen LogP contribution in [0.4, 0.5) is 5.69 Å². The molecule has 1 aromatic rings. The van der Waals surface area contributed by atoms with Gasteiger partial charge in [-0.1, -0.05) is 13.8 Å². The monoisotopic (exact) mass is 233 g/mol. The Kier molecular flexibility index (Phi) is 4.00. The van der Waals surface area contributed by atoms with Gasteiger partial charge in [0.15, 0.2) is 0 Å². The van der Waals surface area contributed by atoms with Gasteiger partial charge in [0.05, 0.1) is 11.9 Å². The van der Waals surface area contributed by atoms with E-state index in [-0.39, 0.29) is 0 Å². The molecule has 1 saturated heterocycles. The molecule has 2 heterocycles. The first-order chi connectivity index (χ1) is 8.22. The molecule has 0 amide bonds. The van der Waals surface area contributed by atoms with Gasteiger partial charge in [0.1, 0.15) is 0 Å². The van der Waals surface area contributed by atoms with E-state index in [1.165, 1.54) is 17.7 Å². The van der Waals surface area contributed by atoms with Gasteiger partial charge in [-0.3, -0.25) is 4.98 Å². The minimum atomic E-state index is 0.770. The van der Waals surface area contributed by atoms with Crippen molar-refractivity contribution in [1.82, 2.24) is 10.3 Å². The zero-order chi connectivity index (χ0) is 12.3. The molecule has 1 aromatic heterocycles. The lowest BCUT2D eigenvalue weighted by atomic mass is 9.88. The summed E-state index contributed by atoms with van der Waals surface area (Å²) < 4.78 is 0. The number of nitrogens with one attached hydrogen (secondary N) is 1. The van der Waals surface area contributed by atoms with E-state index < -0.39 is 0 Å². The number of hydrogen-bond donors (Lipinski definition) is 1. The summed E-state index contributed by atoms with van der Waals surface area (Å²) in [5.41, 5.74) is 2.66. The van der Waals surface area contributed by atoms with Gasteiger partial charge in [-0.05, 0) is 36.9 Å². The van der Waals surface area contributed by atoms with Crippen LogP contribution < -0.4 is 10.2 Å². The maximum atomic E-state index is 4.28. The van der Waals surface area contributed by atoms with Crippen LogP contribution in [-0.2, 0) is 6.54 Å². The summed E-state index contributed by atoms with van der Waals surface area (Å²) in [6.07, 6.45) is 5.18. The summed E-state index contributed by atoms with van der Waals surface area (Å²) in [6, 6.07) is 2.12. The van der Waals surface area contributed by atoms with Crippen LogP contribution in [-0.4, -0.2) is 25.1 Å². The van der Waals surface area contributed by atoms with E-state index in [0.717, 1.165) is 31.5 Å². The predicted molar refractivity (Wildman–Crippen MR) is 72.2 cm³/mol. The van der Waals surface area contributed by atoms with Gasteiger partial charge in [-0.25, -0.2) is 0 Å². The quantitative estimate of drug-likeness (QED) is 0.868. The van der Waals surface area contributed by atoms with E-state index >= 15 is 0 Å². The van der Waals surface area contributed by atoms with Crippen molar-refractivity contribution < 1.29 is 0 Å². The Morgan fingerprint density at radius 3 is 2.94 bits per heavy atom. The average molecular weight is 233 g/mol. The molecule has 0 saturated carbocycles. The van der Waals surface area contributed by atoms with Crippen LogP contribution in [0, 0.1) is 11.8 Å².